The van der Waals surface area contributed by atoms with Crippen LogP contribution in [0.2, 0.25) is 0 Å². The van der Waals surface area contributed by atoms with Gasteiger partial charge >= 0.3 is 0 Å². The maximum atomic E-state index is 12.9. The van der Waals surface area contributed by atoms with Gasteiger partial charge in [0.25, 0.3) is 5.91 Å². The molecule has 0 saturated heterocycles. The standard InChI is InChI=1S/C22H31NO/c1-14-7-18(5-6-19(14)21(2,3)4)20(24)23-22-11-15-8-16(12-22)10-17(9-15)13-22/h5-7,15-17H,8-13H2,1-4H3,(H,23,24). The zero-order valence-corrected chi connectivity index (χ0v) is 15.6. The Morgan fingerprint density at radius 2 is 1.58 bits per heavy atom. The van der Waals surface area contributed by atoms with Gasteiger partial charge in [-0.05, 0) is 91.9 Å². The summed E-state index contributed by atoms with van der Waals surface area (Å²) in [5, 5.41) is 3.49. The maximum absolute atomic E-state index is 12.9. The number of hydrogen-bond donors (Lipinski definition) is 1. The first-order valence-electron chi connectivity index (χ1n) is 9.68. The third-order valence-corrected chi connectivity index (χ3v) is 6.71. The van der Waals surface area contributed by atoms with Crippen LogP contribution in [0.15, 0.2) is 18.2 Å². The van der Waals surface area contributed by atoms with E-state index in [-0.39, 0.29) is 16.9 Å². The lowest BCUT2D eigenvalue weighted by molar-refractivity contribution is -0.0167. The summed E-state index contributed by atoms with van der Waals surface area (Å²) in [4.78, 5) is 12.9. The third kappa shape index (κ3) is 2.78. The van der Waals surface area contributed by atoms with Crippen LogP contribution in [0.4, 0.5) is 0 Å². The zero-order chi connectivity index (χ0) is 17.1. The van der Waals surface area contributed by atoms with E-state index in [0.717, 1.165) is 23.3 Å². The van der Waals surface area contributed by atoms with E-state index in [0.29, 0.717) is 0 Å². The quantitative estimate of drug-likeness (QED) is 0.815. The van der Waals surface area contributed by atoms with Gasteiger partial charge in [-0.15, -0.1) is 0 Å². The average Bonchev–Trinajstić information content (AvgIpc) is 2.43. The first-order valence-corrected chi connectivity index (χ1v) is 9.68. The van der Waals surface area contributed by atoms with Crippen molar-refractivity contribution in [3.05, 3.63) is 34.9 Å². The summed E-state index contributed by atoms with van der Waals surface area (Å²) in [6, 6.07) is 6.24. The molecule has 4 fully saturated rings. The van der Waals surface area contributed by atoms with E-state index >= 15 is 0 Å². The van der Waals surface area contributed by atoms with E-state index in [1.165, 1.54) is 49.7 Å². The van der Waals surface area contributed by atoms with Crippen LogP contribution in [-0.2, 0) is 5.41 Å². The molecule has 0 spiro atoms. The van der Waals surface area contributed by atoms with Crippen LogP contribution in [0, 0.1) is 24.7 Å². The van der Waals surface area contributed by atoms with Crippen molar-refractivity contribution in [3.63, 3.8) is 0 Å². The summed E-state index contributed by atoms with van der Waals surface area (Å²) in [5.74, 6) is 2.73. The van der Waals surface area contributed by atoms with Crippen LogP contribution < -0.4 is 5.32 Å². The molecule has 1 amide bonds. The predicted octanol–water partition coefficient (Wildman–Crippen LogP) is 4.99. The molecule has 4 saturated carbocycles. The second-order valence-corrected chi connectivity index (χ2v) is 9.93. The Kier molecular flexibility index (Phi) is 3.60. The van der Waals surface area contributed by atoms with E-state index in [1.807, 2.05) is 6.07 Å². The monoisotopic (exact) mass is 325 g/mol. The zero-order valence-electron chi connectivity index (χ0n) is 15.6. The van der Waals surface area contributed by atoms with Crippen LogP contribution in [0.25, 0.3) is 0 Å². The largest absolute Gasteiger partial charge is 0.347 e. The van der Waals surface area contributed by atoms with E-state index < -0.39 is 0 Å². The predicted molar refractivity (Wildman–Crippen MR) is 98.2 cm³/mol. The fourth-order valence-electron chi connectivity index (χ4n) is 6.22. The number of nitrogens with one attached hydrogen (secondary N) is 1. The average molecular weight is 325 g/mol. The highest BCUT2D eigenvalue weighted by Crippen LogP contribution is 2.55. The van der Waals surface area contributed by atoms with Gasteiger partial charge in [-0.1, -0.05) is 26.8 Å². The van der Waals surface area contributed by atoms with E-state index in [4.69, 9.17) is 0 Å². The lowest BCUT2D eigenvalue weighted by atomic mass is 9.53. The van der Waals surface area contributed by atoms with Crippen LogP contribution >= 0.6 is 0 Å². The molecule has 4 aliphatic rings. The van der Waals surface area contributed by atoms with Crippen molar-refractivity contribution in [3.8, 4) is 0 Å². The first-order chi connectivity index (χ1) is 11.2. The highest BCUT2D eigenvalue weighted by Gasteiger charge is 2.51. The van der Waals surface area contributed by atoms with Crippen molar-refractivity contribution in [2.75, 3.05) is 0 Å². The Balaban J connectivity index is 1.54. The summed E-state index contributed by atoms with van der Waals surface area (Å²) in [7, 11) is 0. The number of hydrogen-bond acceptors (Lipinski definition) is 1. The normalized spacial score (nSPS) is 34.4. The topological polar surface area (TPSA) is 29.1 Å². The minimum Gasteiger partial charge on any atom is -0.347 e. The lowest BCUT2D eigenvalue weighted by Crippen LogP contribution is -2.59. The lowest BCUT2D eigenvalue weighted by Gasteiger charge is -2.56. The Morgan fingerprint density at radius 3 is 2.04 bits per heavy atom. The Hall–Kier alpha value is -1.31. The molecule has 2 nitrogen and oxygen atoms in total. The van der Waals surface area contributed by atoms with Crippen molar-refractivity contribution in [2.45, 2.75) is 77.2 Å². The molecule has 24 heavy (non-hydrogen) atoms. The number of benzene rings is 1. The van der Waals surface area contributed by atoms with Crippen LogP contribution in [0.5, 0.6) is 0 Å². The Labute approximate surface area is 146 Å². The molecule has 0 unspecified atom stereocenters. The van der Waals surface area contributed by atoms with Gasteiger partial charge in [-0.25, -0.2) is 0 Å². The second kappa shape index (κ2) is 5.34. The highest BCUT2D eigenvalue weighted by molar-refractivity contribution is 5.95. The van der Waals surface area contributed by atoms with Gasteiger partial charge < -0.3 is 5.32 Å². The van der Waals surface area contributed by atoms with Gasteiger partial charge in [0.1, 0.15) is 0 Å². The van der Waals surface area contributed by atoms with Crippen molar-refractivity contribution in [1.82, 2.24) is 5.32 Å². The molecular formula is C22H31NO. The Bertz CT molecular complexity index is 632. The maximum Gasteiger partial charge on any atom is 0.251 e. The van der Waals surface area contributed by atoms with Crippen LogP contribution in [-0.4, -0.2) is 11.4 Å². The minimum atomic E-state index is 0.0996. The first kappa shape index (κ1) is 16.2. The molecule has 4 aliphatic carbocycles. The molecule has 4 bridgehead atoms. The van der Waals surface area contributed by atoms with Crippen molar-refractivity contribution < 1.29 is 4.79 Å². The van der Waals surface area contributed by atoms with E-state index in [1.54, 1.807) is 0 Å². The molecule has 1 N–H and O–H groups in total. The number of carbonyl (C=O) groups is 1. The van der Waals surface area contributed by atoms with E-state index in [2.05, 4.69) is 45.1 Å². The third-order valence-electron chi connectivity index (χ3n) is 6.71. The Morgan fingerprint density at radius 1 is 1.04 bits per heavy atom. The van der Waals surface area contributed by atoms with Gasteiger partial charge in [0.05, 0.1) is 0 Å². The molecule has 0 aliphatic heterocycles. The second-order valence-electron chi connectivity index (χ2n) is 9.93. The smallest absolute Gasteiger partial charge is 0.251 e. The molecule has 2 heteroatoms. The molecule has 130 valence electrons. The molecular weight excluding hydrogens is 294 g/mol. The summed E-state index contributed by atoms with van der Waals surface area (Å²) in [6.07, 6.45) is 7.87. The van der Waals surface area contributed by atoms with Gasteiger partial charge in [0.15, 0.2) is 0 Å². The van der Waals surface area contributed by atoms with E-state index in [9.17, 15) is 4.79 Å². The molecule has 0 heterocycles. The minimum absolute atomic E-state index is 0.0996. The molecule has 0 radical (unpaired) electrons. The van der Waals surface area contributed by atoms with Crippen LogP contribution in [0.3, 0.4) is 0 Å². The molecule has 5 rings (SSSR count). The number of aryl methyl sites for hydroxylation is 1. The molecule has 1 aromatic rings. The van der Waals surface area contributed by atoms with Crippen LogP contribution in [0.1, 0.15) is 80.8 Å². The number of amides is 1. The van der Waals surface area contributed by atoms with Gasteiger partial charge in [-0.3, -0.25) is 4.79 Å². The number of rotatable bonds is 2. The molecule has 1 aromatic carbocycles. The van der Waals surface area contributed by atoms with Crippen molar-refractivity contribution in [1.29, 1.82) is 0 Å². The fraction of sp³-hybridized carbons (Fsp3) is 0.682. The fourth-order valence-corrected chi connectivity index (χ4v) is 6.22. The summed E-state index contributed by atoms with van der Waals surface area (Å²) in [5.41, 5.74) is 3.60. The van der Waals surface area contributed by atoms with Gasteiger partial charge in [0, 0.05) is 11.1 Å². The molecule has 0 atom stereocenters. The van der Waals surface area contributed by atoms with Gasteiger partial charge in [-0.2, -0.15) is 0 Å². The van der Waals surface area contributed by atoms with Crippen molar-refractivity contribution in [2.24, 2.45) is 17.8 Å². The SMILES string of the molecule is Cc1cc(C(=O)NC23CC4CC(CC(C4)C2)C3)ccc1C(C)(C)C. The summed E-state index contributed by atoms with van der Waals surface area (Å²) >= 11 is 0. The molecule has 0 aromatic heterocycles. The number of carbonyl (C=O) groups excluding carboxylic acids is 1. The summed E-state index contributed by atoms with van der Waals surface area (Å²) in [6.45, 7) is 8.81. The highest BCUT2D eigenvalue weighted by atomic mass is 16.1. The summed E-state index contributed by atoms with van der Waals surface area (Å²) < 4.78 is 0. The van der Waals surface area contributed by atoms with Crippen molar-refractivity contribution >= 4 is 5.91 Å². The van der Waals surface area contributed by atoms with Gasteiger partial charge in [0.2, 0.25) is 0 Å².